The second-order valence-electron chi connectivity index (χ2n) is 13.4. The fourth-order valence-electron chi connectivity index (χ4n) is 9.33. The lowest BCUT2D eigenvalue weighted by molar-refractivity contribution is 0.355. The molecule has 1 atom stereocenters. The molecule has 3 heteroatoms. The molecule has 1 spiro atoms. The Labute approximate surface area is 270 Å². The molecule has 5 aromatic carbocycles. The lowest BCUT2D eigenvalue weighted by Gasteiger charge is -2.32. The molecule has 3 nitrogen and oxygen atoms in total. The van der Waals surface area contributed by atoms with Gasteiger partial charge in [0.2, 0.25) is 0 Å². The summed E-state index contributed by atoms with van der Waals surface area (Å²) in [6, 6.07) is 31.0. The number of ether oxygens (including phenoxy) is 2. The van der Waals surface area contributed by atoms with Crippen LogP contribution in [0, 0.1) is 0 Å². The molecule has 0 aliphatic heterocycles. The summed E-state index contributed by atoms with van der Waals surface area (Å²) < 4.78 is 11.4. The highest BCUT2D eigenvalue weighted by Gasteiger charge is 2.53. The third kappa shape index (κ3) is 3.66. The van der Waals surface area contributed by atoms with Crippen LogP contribution in [0.3, 0.4) is 0 Å². The number of rotatable bonds is 4. The SMILES string of the molecule is COc1ccc(-c2cc3c4c(cc(O)c3cc2C2CCCCC2)C2(C3=C(CCC=C3)c3ccccc32)c2ccccc2-4)cc1OC. The van der Waals surface area contributed by atoms with E-state index in [-0.39, 0.29) is 0 Å². The lowest BCUT2D eigenvalue weighted by atomic mass is 9.69. The van der Waals surface area contributed by atoms with Gasteiger partial charge < -0.3 is 14.6 Å². The highest BCUT2D eigenvalue weighted by Crippen LogP contribution is 2.65. The fourth-order valence-corrected chi connectivity index (χ4v) is 9.33. The molecule has 0 radical (unpaired) electrons. The Bertz CT molecular complexity index is 2130. The molecule has 1 unspecified atom stereocenters. The van der Waals surface area contributed by atoms with Crippen molar-refractivity contribution in [2.75, 3.05) is 14.2 Å². The first-order valence-electron chi connectivity index (χ1n) is 16.8. The molecule has 4 aliphatic rings. The van der Waals surface area contributed by atoms with Crippen LogP contribution in [-0.2, 0) is 5.41 Å². The maximum Gasteiger partial charge on any atom is 0.161 e. The Morgan fingerprint density at radius 3 is 2.22 bits per heavy atom. The molecule has 5 aromatic rings. The van der Waals surface area contributed by atoms with Crippen LogP contribution in [0.5, 0.6) is 17.2 Å². The van der Waals surface area contributed by atoms with Gasteiger partial charge in [-0.1, -0.05) is 86.0 Å². The van der Waals surface area contributed by atoms with Gasteiger partial charge in [-0.2, -0.15) is 0 Å². The highest BCUT2D eigenvalue weighted by molar-refractivity contribution is 6.10. The predicted octanol–water partition coefficient (Wildman–Crippen LogP) is 10.7. The number of phenols is 1. The van der Waals surface area contributed by atoms with Gasteiger partial charge in [-0.15, -0.1) is 0 Å². The van der Waals surface area contributed by atoms with Gasteiger partial charge in [0.25, 0.3) is 0 Å². The van der Waals surface area contributed by atoms with E-state index in [0.717, 1.165) is 40.7 Å². The molecule has 1 saturated carbocycles. The van der Waals surface area contributed by atoms with Gasteiger partial charge in [-0.3, -0.25) is 0 Å². The van der Waals surface area contributed by atoms with Gasteiger partial charge in [-0.05, 0) is 129 Å². The van der Waals surface area contributed by atoms with E-state index in [9.17, 15) is 5.11 Å². The molecule has 0 aromatic heterocycles. The minimum Gasteiger partial charge on any atom is -0.507 e. The van der Waals surface area contributed by atoms with Crippen molar-refractivity contribution in [1.29, 1.82) is 0 Å². The van der Waals surface area contributed by atoms with Crippen molar-refractivity contribution in [1.82, 2.24) is 0 Å². The van der Waals surface area contributed by atoms with E-state index in [2.05, 4.69) is 91.0 Å². The lowest BCUT2D eigenvalue weighted by Crippen LogP contribution is -2.27. The summed E-state index contributed by atoms with van der Waals surface area (Å²) in [5, 5.41) is 14.1. The number of methoxy groups -OCH3 is 2. The minimum absolute atomic E-state index is 0.364. The molecule has 0 amide bonds. The van der Waals surface area contributed by atoms with Crippen molar-refractivity contribution in [3.63, 3.8) is 0 Å². The van der Waals surface area contributed by atoms with Gasteiger partial charge in [-0.25, -0.2) is 0 Å². The smallest absolute Gasteiger partial charge is 0.161 e. The minimum atomic E-state index is -0.452. The number of phenolic OH excluding ortho intramolecular Hbond substituents is 1. The summed E-state index contributed by atoms with van der Waals surface area (Å²) in [6.45, 7) is 0. The second kappa shape index (κ2) is 10.4. The van der Waals surface area contributed by atoms with Gasteiger partial charge >= 0.3 is 0 Å². The second-order valence-corrected chi connectivity index (χ2v) is 13.4. The molecule has 1 N–H and O–H groups in total. The predicted molar refractivity (Wildman–Crippen MR) is 187 cm³/mol. The van der Waals surface area contributed by atoms with E-state index in [1.54, 1.807) is 14.2 Å². The largest absolute Gasteiger partial charge is 0.507 e. The third-order valence-corrected chi connectivity index (χ3v) is 11.3. The van der Waals surface area contributed by atoms with Crippen molar-refractivity contribution >= 4 is 16.3 Å². The summed E-state index contributed by atoms with van der Waals surface area (Å²) in [5.41, 5.74) is 13.7. The van der Waals surface area contributed by atoms with Crippen LogP contribution in [-0.4, -0.2) is 19.3 Å². The zero-order valence-corrected chi connectivity index (χ0v) is 26.5. The van der Waals surface area contributed by atoms with Crippen molar-refractivity contribution in [2.45, 2.75) is 56.3 Å². The first-order chi connectivity index (χ1) is 22.6. The molecular formula is C43H38O3. The van der Waals surface area contributed by atoms with Crippen LogP contribution < -0.4 is 9.47 Å². The van der Waals surface area contributed by atoms with Gasteiger partial charge in [0.15, 0.2) is 11.5 Å². The third-order valence-electron chi connectivity index (χ3n) is 11.3. The number of benzene rings is 5. The Morgan fingerprint density at radius 2 is 1.43 bits per heavy atom. The number of fused-ring (bicyclic) bond motifs is 11. The van der Waals surface area contributed by atoms with Crippen LogP contribution in [0.4, 0.5) is 0 Å². The number of hydrogen-bond acceptors (Lipinski definition) is 3. The molecule has 46 heavy (non-hydrogen) atoms. The molecule has 228 valence electrons. The molecule has 1 fully saturated rings. The number of hydrogen-bond donors (Lipinski definition) is 1. The summed E-state index contributed by atoms with van der Waals surface area (Å²) in [6.07, 6.45) is 12.9. The Kier molecular flexibility index (Phi) is 6.22. The standard InChI is InChI=1S/C43H38O3/c1-45-40-21-20-27(22-41(40)46-2)32-24-34-33(23-31(32)26-12-4-3-5-13-26)39(44)25-38-42(34)30-16-8-11-19-37(30)43(38)35-17-9-6-14-28(35)29-15-7-10-18-36(29)43/h6,8-11,14,16-26,44H,3-5,7,12-13,15H2,1-2H3. The molecule has 0 saturated heterocycles. The normalized spacial score (nSPS) is 19.7. The van der Waals surface area contributed by atoms with Crippen LogP contribution in [0.25, 0.3) is 38.6 Å². The summed E-state index contributed by atoms with van der Waals surface area (Å²) in [4.78, 5) is 0. The average molecular weight is 603 g/mol. The maximum absolute atomic E-state index is 12.1. The van der Waals surface area contributed by atoms with Crippen molar-refractivity contribution < 1.29 is 14.6 Å². The summed E-state index contributed by atoms with van der Waals surface area (Å²) in [5.74, 6) is 2.27. The Morgan fingerprint density at radius 1 is 0.696 bits per heavy atom. The van der Waals surface area contributed by atoms with Crippen LogP contribution in [0.15, 0.2) is 103 Å². The van der Waals surface area contributed by atoms with Gasteiger partial charge in [0, 0.05) is 5.39 Å². The number of aromatic hydroxyl groups is 1. The van der Waals surface area contributed by atoms with E-state index in [4.69, 9.17) is 9.47 Å². The summed E-state index contributed by atoms with van der Waals surface area (Å²) in [7, 11) is 3.39. The van der Waals surface area contributed by atoms with E-state index >= 15 is 0 Å². The van der Waals surface area contributed by atoms with Crippen molar-refractivity contribution in [3.8, 4) is 39.5 Å². The fraction of sp³-hybridized carbons (Fsp3) is 0.256. The molecule has 4 aliphatic carbocycles. The van der Waals surface area contributed by atoms with E-state index in [0.29, 0.717) is 11.7 Å². The number of allylic oxidation sites excluding steroid dienone is 4. The molecular weight excluding hydrogens is 564 g/mol. The molecule has 0 bridgehead atoms. The zero-order chi connectivity index (χ0) is 31.0. The average Bonchev–Trinajstić information content (AvgIpc) is 3.58. The van der Waals surface area contributed by atoms with Crippen LogP contribution in [0.1, 0.15) is 78.7 Å². The van der Waals surface area contributed by atoms with Crippen molar-refractivity contribution in [3.05, 3.63) is 130 Å². The Hall–Kier alpha value is -4.76. The van der Waals surface area contributed by atoms with E-state index in [1.807, 2.05) is 6.07 Å². The zero-order valence-electron chi connectivity index (χ0n) is 26.5. The topological polar surface area (TPSA) is 38.7 Å². The van der Waals surface area contributed by atoms with E-state index < -0.39 is 5.41 Å². The highest BCUT2D eigenvalue weighted by atomic mass is 16.5. The first kappa shape index (κ1) is 27.5. The Balaban J connectivity index is 1.39. The van der Waals surface area contributed by atoms with Crippen LogP contribution in [0.2, 0.25) is 0 Å². The quantitative estimate of drug-likeness (QED) is 0.222. The van der Waals surface area contributed by atoms with Crippen molar-refractivity contribution in [2.24, 2.45) is 0 Å². The van der Waals surface area contributed by atoms with E-state index in [1.165, 1.54) is 87.8 Å². The summed E-state index contributed by atoms with van der Waals surface area (Å²) >= 11 is 0. The maximum atomic E-state index is 12.1. The van der Waals surface area contributed by atoms with Gasteiger partial charge in [0.05, 0.1) is 19.6 Å². The first-order valence-corrected chi connectivity index (χ1v) is 16.8. The monoisotopic (exact) mass is 602 g/mol. The van der Waals surface area contributed by atoms with Gasteiger partial charge in [0.1, 0.15) is 5.75 Å². The molecule has 0 heterocycles. The molecule has 9 rings (SSSR count). The van der Waals surface area contributed by atoms with Crippen LogP contribution >= 0.6 is 0 Å².